The van der Waals surface area contributed by atoms with Crippen LogP contribution in [0.5, 0.6) is 0 Å². The Morgan fingerprint density at radius 2 is 2.21 bits per heavy atom. The average molecular weight is 275 g/mol. The summed E-state index contributed by atoms with van der Waals surface area (Å²) in [4.78, 5) is 3.68. The van der Waals surface area contributed by atoms with Gasteiger partial charge in [-0.15, -0.1) is 0 Å². The molecule has 0 saturated carbocycles. The normalized spacial score (nSPS) is 21.6. The molecule has 0 bridgehead atoms. The monoisotopic (exact) mass is 275 g/mol. The zero-order valence-electron chi connectivity index (χ0n) is 10.4. The quantitative estimate of drug-likeness (QED) is 0.918. The van der Waals surface area contributed by atoms with E-state index in [1.54, 1.807) is 0 Å². The maximum Gasteiger partial charge on any atom is 0.417 e. The third-order valence-corrected chi connectivity index (χ3v) is 3.24. The largest absolute Gasteiger partial charge is 0.417 e. The van der Waals surface area contributed by atoms with Gasteiger partial charge in [-0.05, 0) is 37.8 Å². The summed E-state index contributed by atoms with van der Waals surface area (Å²) in [6.07, 6.45) is -1.17. The molecule has 0 aromatic carbocycles. The first-order valence-electron chi connectivity index (χ1n) is 6.29. The minimum absolute atomic E-state index is 0.157. The predicted molar refractivity (Wildman–Crippen MR) is 62.4 cm³/mol. The molecule has 0 amide bonds. The van der Waals surface area contributed by atoms with Gasteiger partial charge in [-0.1, -0.05) is 0 Å². The summed E-state index contributed by atoms with van der Waals surface area (Å²) in [5, 5.41) is 9.88. The number of aliphatic hydroxyl groups is 1. The van der Waals surface area contributed by atoms with E-state index in [1.807, 2.05) is 0 Å². The van der Waals surface area contributed by atoms with Crippen LogP contribution in [0.1, 0.15) is 43.0 Å². The molecule has 3 nitrogen and oxygen atoms in total. The van der Waals surface area contributed by atoms with Crippen molar-refractivity contribution in [2.75, 3.05) is 6.61 Å². The lowest BCUT2D eigenvalue weighted by Crippen LogP contribution is -2.10. The highest BCUT2D eigenvalue weighted by Crippen LogP contribution is 2.29. The van der Waals surface area contributed by atoms with Crippen molar-refractivity contribution < 1.29 is 23.0 Å². The van der Waals surface area contributed by atoms with Gasteiger partial charge in [-0.3, -0.25) is 4.98 Å². The van der Waals surface area contributed by atoms with Gasteiger partial charge >= 0.3 is 6.18 Å². The van der Waals surface area contributed by atoms with Gasteiger partial charge in [0.1, 0.15) is 0 Å². The molecular weight excluding hydrogens is 259 g/mol. The molecule has 1 aliphatic rings. The minimum Gasteiger partial charge on any atom is -0.387 e. The van der Waals surface area contributed by atoms with E-state index in [0.29, 0.717) is 12.8 Å². The van der Waals surface area contributed by atoms with Crippen molar-refractivity contribution in [2.45, 2.75) is 44.1 Å². The van der Waals surface area contributed by atoms with Crippen molar-refractivity contribution in [1.29, 1.82) is 0 Å². The molecule has 1 saturated heterocycles. The fourth-order valence-electron chi connectivity index (χ4n) is 2.13. The van der Waals surface area contributed by atoms with Gasteiger partial charge in [0.2, 0.25) is 0 Å². The molecule has 2 rings (SSSR count). The van der Waals surface area contributed by atoms with Crippen LogP contribution < -0.4 is 0 Å². The number of aliphatic hydroxyl groups excluding tert-OH is 1. The Balaban J connectivity index is 1.89. The van der Waals surface area contributed by atoms with Crippen molar-refractivity contribution in [3.8, 4) is 0 Å². The summed E-state index contributed by atoms with van der Waals surface area (Å²) >= 11 is 0. The van der Waals surface area contributed by atoms with E-state index in [9.17, 15) is 18.3 Å². The van der Waals surface area contributed by atoms with Gasteiger partial charge in [-0.2, -0.15) is 13.2 Å². The van der Waals surface area contributed by atoms with Crippen LogP contribution in [0.3, 0.4) is 0 Å². The van der Waals surface area contributed by atoms with Crippen LogP contribution in [-0.4, -0.2) is 22.8 Å². The lowest BCUT2D eigenvalue weighted by molar-refractivity contribution is -0.137. The van der Waals surface area contributed by atoms with Crippen LogP contribution in [0.25, 0.3) is 0 Å². The number of alkyl halides is 3. The number of ether oxygens (including phenoxy) is 1. The van der Waals surface area contributed by atoms with Crippen molar-refractivity contribution in [3.05, 3.63) is 29.6 Å². The Labute approximate surface area is 109 Å². The minimum atomic E-state index is -4.39. The fourth-order valence-corrected chi connectivity index (χ4v) is 2.13. The molecule has 19 heavy (non-hydrogen) atoms. The number of pyridine rings is 1. The third-order valence-electron chi connectivity index (χ3n) is 3.24. The Hall–Kier alpha value is -1.14. The van der Waals surface area contributed by atoms with Gasteiger partial charge in [0.05, 0.1) is 23.5 Å². The van der Waals surface area contributed by atoms with Crippen molar-refractivity contribution in [3.63, 3.8) is 0 Å². The first-order valence-corrected chi connectivity index (χ1v) is 6.29. The molecule has 1 fully saturated rings. The first-order chi connectivity index (χ1) is 8.97. The lowest BCUT2D eigenvalue weighted by Gasteiger charge is -2.14. The average Bonchev–Trinajstić information content (AvgIpc) is 2.88. The highest BCUT2D eigenvalue weighted by atomic mass is 19.4. The number of hydrogen-bond donors (Lipinski definition) is 1. The summed E-state index contributed by atoms with van der Waals surface area (Å²) in [7, 11) is 0. The molecular formula is C13H16F3NO2. The zero-order valence-corrected chi connectivity index (χ0v) is 10.4. The summed E-state index contributed by atoms with van der Waals surface area (Å²) in [6, 6.07) is 2.17. The number of halogens is 3. The maximum atomic E-state index is 12.4. The number of rotatable bonds is 4. The molecule has 1 aromatic rings. The standard InChI is InChI=1S/C13H16F3NO2/c14-13(15,16)9-3-5-11(17-8-9)12(18)6-4-10-2-1-7-19-10/h3,5,8,10,12,18H,1-2,4,6-7H2. The topological polar surface area (TPSA) is 42.4 Å². The Morgan fingerprint density at radius 1 is 1.42 bits per heavy atom. The van der Waals surface area contributed by atoms with E-state index in [1.165, 1.54) is 6.07 Å². The zero-order chi connectivity index (χ0) is 13.9. The van der Waals surface area contributed by atoms with Crippen LogP contribution >= 0.6 is 0 Å². The fraction of sp³-hybridized carbons (Fsp3) is 0.615. The van der Waals surface area contributed by atoms with Crippen molar-refractivity contribution in [1.82, 2.24) is 4.98 Å². The van der Waals surface area contributed by atoms with E-state index in [0.717, 1.165) is 31.7 Å². The molecule has 106 valence electrons. The molecule has 6 heteroatoms. The number of nitrogens with zero attached hydrogens (tertiary/aromatic N) is 1. The second kappa shape index (κ2) is 5.88. The lowest BCUT2D eigenvalue weighted by atomic mass is 10.0. The Bertz CT molecular complexity index is 399. The first kappa shape index (κ1) is 14.3. The number of hydrogen-bond acceptors (Lipinski definition) is 3. The molecule has 1 aromatic heterocycles. The van der Waals surface area contributed by atoms with Gasteiger partial charge in [-0.25, -0.2) is 0 Å². The second-order valence-electron chi connectivity index (χ2n) is 4.70. The summed E-state index contributed by atoms with van der Waals surface area (Å²) < 4.78 is 42.5. The van der Waals surface area contributed by atoms with E-state index >= 15 is 0 Å². The molecule has 0 aliphatic carbocycles. The third kappa shape index (κ3) is 3.91. The Morgan fingerprint density at radius 3 is 2.74 bits per heavy atom. The van der Waals surface area contributed by atoms with Gasteiger partial charge in [0.15, 0.2) is 0 Å². The second-order valence-corrected chi connectivity index (χ2v) is 4.70. The molecule has 1 N–H and O–H groups in total. The van der Waals surface area contributed by atoms with Crippen molar-refractivity contribution in [2.24, 2.45) is 0 Å². The summed E-state index contributed by atoms with van der Waals surface area (Å²) in [5.74, 6) is 0. The van der Waals surface area contributed by atoms with E-state index in [2.05, 4.69) is 4.98 Å². The van der Waals surface area contributed by atoms with E-state index < -0.39 is 17.8 Å². The smallest absolute Gasteiger partial charge is 0.387 e. The predicted octanol–water partition coefficient (Wildman–Crippen LogP) is 3.09. The molecule has 2 unspecified atom stereocenters. The number of aromatic nitrogens is 1. The molecule has 0 spiro atoms. The van der Waals surface area contributed by atoms with Crippen LogP contribution in [0.2, 0.25) is 0 Å². The highest BCUT2D eigenvalue weighted by molar-refractivity contribution is 5.18. The van der Waals surface area contributed by atoms with Gasteiger partial charge in [0.25, 0.3) is 0 Å². The molecule has 0 radical (unpaired) electrons. The van der Waals surface area contributed by atoms with Crippen LogP contribution in [-0.2, 0) is 10.9 Å². The summed E-state index contributed by atoms with van der Waals surface area (Å²) in [6.45, 7) is 0.749. The van der Waals surface area contributed by atoms with Crippen LogP contribution in [0.4, 0.5) is 13.2 Å². The van der Waals surface area contributed by atoms with Crippen LogP contribution in [0.15, 0.2) is 18.3 Å². The Kier molecular flexibility index (Phi) is 4.42. The maximum absolute atomic E-state index is 12.4. The van der Waals surface area contributed by atoms with E-state index in [-0.39, 0.29) is 11.8 Å². The SMILES string of the molecule is OC(CCC1CCCO1)c1ccc(C(F)(F)F)cn1. The van der Waals surface area contributed by atoms with Gasteiger partial charge < -0.3 is 9.84 Å². The molecule has 1 aliphatic heterocycles. The molecule has 2 heterocycles. The van der Waals surface area contributed by atoms with Gasteiger partial charge in [0, 0.05) is 12.8 Å². The highest BCUT2D eigenvalue weighted by Gasteiger charge is 2.31. The molecule has 2 atom stereocenters. The summed E-state index contributed by atoms with van der Waals surface area (Å²) in [5.41, 5.74) is -0.534. The van der Waals surface area contributed by atoms with Crippen LogP contribution in [0, 0.1) is 0 Å². The van der Waals surface area contributed by atoms with E-state index in [4.69, 9.17) is 4.74 Å². The van der Waals surface area contributed by atoms with Crippen molar-refractivity contribution >= 4 is 0 Å².